The van der Waals surface area contributed by atoms with Crippen molar-refractivity contribution in [2.24, 2.45) is 7.05 Å². The lowest BCUT2D eigenvalue weighted by atomic mass is 10.0. The molecular weight excluding hydrogens is 448 g/mol. The Morgan fingerprint density at radius 2 is 2.03 bits per heavy atom. The van der Waals surface area contributed by atoms with Crippen LogP contribution in [0.1, 0.15) is 12.1 Å². The van der Waals surface area contributed by atoms with Crippen molar-refractivity contribution < 1.29 is 31.8 Å². The van der Waals surface area contributed by atoms with E-state index in [1.807, 2.05) is 0 Å². The van der Waals surface area contributed by atoms with Crippen LogP contribution in [0.5, 0.6) is 11.8 Å². The van der Waals surface area contributed by atoms with E-state index in [-0.39, 0.29) is 47.8 Å². The molecule has 4 aromatic heterocycles. The Bertz CT molecular complexity index is 1310. The molecule has 174 valence electrons. The van der Waals surface area contributed by atoms with E-state index in [2.05, 4.69) is 24.9 Å². The van der Waals surface area contributed by atoms with Gasteiger partial charge in [-0.1, -0.05) is 0 Å². The molecule has 0 radical (unpaired) electrons. The number of hydrogen-bond donors (Lipinski definition) is 1. The maximum absolute atomic E-state index is 14.1. The van der Waals surface area contributed by atoms with Crippen molar-refractivity contribution in [1.29, 1.82) is 0 Å². The molecule has 4 aromatic rings. The number of nitrogens with one attached hydrogen (secondary N) is 1. The Balaban J connectivity index is 1.80. The number of alkyl halides is 4. The molecule has 0 aliphatic carbocycles. The minimum Gasteiger partial charge on any atom is -0.474 e. The predicted molar refractivity (Wildman–Crippen MR) is 107 cm³/mol. The van der Waals surface area contributed by atoms with Crippen LogP contribution in [0.25, 0.3) is 33.4 Å². The minimum absolute atomic E-state index is 0.0133. The second-order valence-electron chi connectivity index (χ2n) is 7.39. The molecule has 0 bridgehead atoms. The topological polar surface area (TPSA) is 92.0 Å². The van der Waals surface area contributed by atoms with E-state index in [0.717, 1.165) is 0 Å². The zero-order valence-corrected chi connectivity index (χ0v) is 17.4. The number of fused-ring (bicyclic) bond motifs is 2. The third-order valence-electron chi connectivity index (χ3n) is 5.34. The summed E-state index contributed by atoms with van der Waals surface area (Å²) in [5.41, 5.74) is 0.535. The van der Waals surface area contributed by atoms with E-state index in [9.17, 15) is 17.6 Å². The highest BCUT2D eigenvalue weighted by Gasteiger charge is 2.34. The lowest BCUT2D eigenvalue weighted by molar-refractivity contribution is -0.0527. The number of pyridine rings is 1. The van der Waals surface area contributed by atoms with E-state index < -0.39 is 18.7 Å². The van der Waals surface area contributed by atoms with Crippen molar-refractivity contribution in [2.75, 3.05) is 13.7 Å². The Morgan fingerprint density at radius 3 is 2.76 bits per heavy atom. The molecule has 1 aliphatic rings. The lowest BCUT2D eigenvalue weighted by Crippen LogP contribution is -2.31. The van der Waals surface area contributed by atoms with Crippen molar-refractivity contribution in [3.05, 3.63) is 30.2 Å². The molecule has 0 aromatic carbocycles. The molecular formula is C20H18F4N6O3. The van der Waals surface area contributed by atoms with Crippen LogP contribution in [0.3, 0.4) is 0 Å². The molecule has 0 saturated carbocycles. The van der Waals surface area contributed by atoms with Gasteiger partial charge in [0.05, 0.1) is 23.4 Å². The summed E-state index contributed by atoms with van der Waals surface area (Å²) in [5.74, 6) is -0.231. The Morgan fingerprint density at radius 1 is 1.21 bits per heavy atom. The van der Waals surface area contributed by atoms with Crippen LogP contribution in [0.15, 0.2) is 24.5 Å². The first-order valence-corrected chi connectivity index (χ1v) is 9.87. The zero-order valence-electron chi connectivity index (χ0n) is 17.4. The predicted octanol–water partition coefficient (Wildman–Crippen LogP) is 3.77. The molecule has 1 aliphatic heterocycles. The first kappa shape index (κ1) is 21.2. The molecule has 1 atom stereocenters. The number of ether oxygens (including phenoxy) is 3. The molecule has 1 N–H and O–H groups in total. The molecule has 0 spiro atoms. The van der Waals surface area contributed by atoms with Gasteiger partial charge in [0.15, 0.2) is 0 Å². The number of aryl methyl sites for hydroxylation is 1. The van der Waals surface area contributed by atoms with Crippen LogP contribution in [0.2, 0.25) is 0 Å². The largest absolute Gasteiger partial charge is 0.474 e. The fourth-order valence-electron chi connectivity index (χ4n) is 3.98. The van der Waals surface area contributed by atoms with E-state index in [1.165, 1.54) is 35.9 Å². The number of rotatable bonds is 6. The van der Waals surface area contributed by atoms with Crippen molar-refractivity contribution in [3.63, 3.8) is 0 Å². The number of hydrogen-bond acceptors (Lipinski definition) is 6. The van der Waals surface area contributed by atoms with Gasteiger partial charge in [-0.15, -0.1) is 5.10 Å². The van der Waals surface area contributed by atoms with Gasteiger partial charge in [0.1, 0.15) is 24.1 Å². The summed E-state index contributed by atoms with van der Waals surface area (Å²) in [4.78, 5) is 7.30. The van der Waals surface area contributed by atoms with Gasteiger partial charge >= 0.3 is 6.61 Å². The van der Waals surface area contributed by atoms with Crippen molar-refractivity contribution in [1.82, 2.24) is 29.5 Å². The third-order valence-corrected chi connectivity index (χ3v) is 5.34. The highest BCUT2D eigenvalue weighted by molar-refractivity contribution is 6.04. The van der Waals surface area contributed by atoms with E-state index >= 15 is 0 Å². The second kappa shape index (κ2) is 8.06. The van der Waals surface area contributed by atoms with E-state index in [1.54, 1.807) is 12.1 Å². The molecule has 9 nitrogen and oxygen atoms in total. The molecule has 0 unspecified atom stereocenters. The molecule has 13 heteroatoms. The highest BCUT2D eigenvalue weighted by Crippen LogP contribution is 2.47. The van der Waals surface area contributed by atoms with Crippen LogP contribution >= 0.6 is 0 Å². The summed E-state index contributed by atoms with van der Waals surface area (Å²) in [6.45, 7) is -2.77. The molecule has 0 fully saturated rings. The first-order chi connectivity index (χ1) is 15.9. The van der Waals surface area contributed by atoms with Crippen LogP contribution in [0, 0.1) is 0 Å². The third kappa shape index (κ3) is 3.57. The second-order valence-corrected chi connectivity index (χ2v) is 7.39. The fraction of sp³-hybridized carbons (Fsp3) is 0.350. The Kier molecular flexibility index (Phi) is 5.19. The standard InChI is InChI=1S/C20H18F4N6O3/c1-29-7-11(18(28-29)33-20(23)24)12-10-4-3-5-25-17(10)26-14(12)13-15(16(21)22)27-30-6-9(31-2)8-32-19(13)30/h3-5,7,9,16,20H,6,8H2,1-2H3,(H,25,26)/t9-/m0/s1. The minimum atomic E-state index is -3.12. The number of methoxy groups -OCH3 is 1. The van der Waals surface area contributed by atoms with Gasteiger partial charge in [-0.2, -0.15) is 13.9 Å². The number of H-pyrrole nitrogens is 1. The van der Waals surface area contributed by atoms with Crippen LogP contribution in [0.4, 0.5) is 17.6 Å². The summed E-state index contributed by atoms with van der Waals surface area (Å²) in [6, 6.07) is 3.34. The Hall–Kier alpha value is -3.61. The van der Waals surface area contributed by atoms with Gasteiger partial charge in [0.25, 0.3) is 6.43 Å². The average Bonchev–Trinajstić information content (AvgIpc) is 3.44. The SMILES string of the molecule is CO[C@@H]1COc2c(-c3[nH]c4ncccc4c3-c3cn(C)nc3OC(F)F)c(C(F)F)nn2C1. The van der Waals surface area contributed by atoms with E-state index in [0.29, 0.717) is 16.6 Å². The first-order valence-electron chi connectivity index (χ1n) is 9.87. The number of aromatic amines is 1. The number of nitrogens with zero attached hydrogens (tertiary/aromatic N) is 5. The summed E-state index contributed by atoms with van der Waals surface area (Å²) in [5, 5.41) is 8.53. The Labute approximate surface area is 183 Å². The van der Waals surface area contributed by atoms with Crippen LogP contribution < -0.4 is 9.47 Å². The van der Waals surface area contributed by atoms with Gasteiger partial charge in [0.2, 0.25) is 11.8 Å². The highest BCUT2D eigenvalue weighted by atomic mass is 19.3. The maximum Gasteiger partial charge on any atom is 0.388 e. The summed E-state index contributed by atoms with van der Waals surface area (Å²) in [6.07, 6.45) is -0.297. The normalized spacial score (nSPS) is 15.9. The summed E-state index contributed by atoms with van der Waals surface area (Å²) < 4.78 is 72.6. The lowest BCUT2D eigenvalue weighted by Gasteiger charge is -2.23. The average molecular weight is 466 g/mol. The van der Waals surface area contributed by atoms with Gasteiger partial charge < -0.3 is 19.2 Å². The molecule has 0 amide bonds. The fourth-order valence-corrected chi connectivity index (χ4v) is 3.98. The molecule has 0 saturated heterocycles. The van der Waals surface area contributed by atoms with Gasteiger partial charge in [-0.05, 0) is 12.1 Å². The maximum atomic E-state index is 14.1. The smallest absolute Gasteiger partial charge is 0.388 e. The van der Waals surface area contributed by atoms with E-state index in [4.69, 9.17) is 9.47 Å². The molecule has 5 heterocycles. The van der Waals surface area contributed by atoms with Crippen LogP contribution in [-0.2, 0) is 18.3 Å². The quantitative estimate of drug-likeness (QED) is 0.435. The monoisotopic (exact) mass is 466 g/mol. The zero-order chi connectivity index (χ0) is 23.3. The van der Waals surface area contributed by atoms with Gasteiger partial charge in [-0.3, -0.25) is 4.68 Å². The van der Waals surface area contributed by atoms with Gasteiger partial charge in [-0.25, -0.2) is 18.4 Å². The summed E-state index contributed by atoms with van der Waals surface area (Å²) in [7, 11) is 3.03. The van der Waals surface area contributed by atoms with Crippen molar-refractivity contribution in [3.8, 4) is 34.1 Å². The molecule has 5 rings (SSSR count). The number of aromatic nitrogens is 6. The van der Waals surface area contributed by atoms with Crippen molar-refractivity contribution in [2.45, 2.75) is 25.7 Å². The molecule has 33 heavy (non-hydrogen) atoms. The van der Waals surface area contributed by atoms with Crippen molar-refractivity contribution >= 4 is 11.0 Å². The number of halogens is 4. The van der Waals surface area contributed by atoms with Gasteiger partial charge in [0, 0.05) is 37.5 Å². The van der Waals surface area contributed by atoms with Crippen LogP contribution in [-0.4, -0.2) is 56.0 Å². The summed E-state index contributed by atoms with van der Waals surface area (Å²) >= 11 is 0.